The summed E-state index contributed by atoms with van der Waals surface area (Å²) < 4.78 is 25.5. The van der Waals surface area contributed by atoms with Crippen LogP contribution in [0.3, 0.4) is 0 Å². The Balaban J connectivity index is 2.14. The highest BCUT2D eigenvalue weighted by Gasteiger charge is 2.28. The molecule has 1 aromatic rings. The molecule has 0 saturated carbocycles. The van der Waals surface area contributed by atoms with Crippen LogP contribution in [-0.2, 0) is 15.8 Å². The van der Waals surface area contributed by atoms with Crippen molar-refractivity contribution in [2.45, 2.75) is 6.23 Å². The van der Waals surface area contributed by atoms with Gasteiger partial charge in [0.1, 0.15) is 17.8 Å². The summed E-state index contributed by atoms with van der Waals surface area (Å²) in [6.45, 7) is 1.38. The molecule has 2 unspecified atom stereocenters. The van der Waals surface area contributed by atoms with Crippen LogP contribution in [0.1, 0.15) is 0 Å². The third-order valence-corrected chi connectivity index (χ3v) is 3.90. The first-order valence-electron chi connectivity index (χ1n) is 6.36. The molecule has 0 aliphatic carbocycles. The highest BCUT2D eigenvalue weighted by molar-refractivity contribution is 7.79. The number of hydrogen-bond acceptors (Lipinski definition) is 6. The number of para-hydroxylation sites is 2. The third kappa shape index (κ3) is 3.97. The van der Waals surface area contributed by atoms with Gasteiger partial charge in [-0.3, -0.25) is 15.0 Å². The molecule has 0 spiro atoms. The molecule has 0 amide bonds. The number of nitro benzene ring substituents is 1. The lowest BCUT2D eigenvalue weighted by molar-refractivity contribution is -0.384. The predicted molar refractivity (Wildman–Crippen MR) is 78.5 cm³/mol. The van der Waals surface area contributed by atoms with E-state index in [1.54, 1.807) is 35.0 Å². The Morgan fingerprint density at radius 2 is 2.29 bits per heavy atom. The largest absolute Gasteiger partial charge is 0.356 e. The van der Waals surface area contributed by atoms with Crippen LogP contribution in [0.5, 0.6) is 0 Å². The molecule has 21 heavy (non-hydrogen) atoms. The van der Waals surface area contributed by atoms with Crippen molar-refractivity contribution >= 4 is 22.5 Å². The van der Waals surface area contributed by atoms with E-state index in [0.717, 1.165) is 0 Å². The zero-order valence-corrected chi connectivity index (χ0v) is 12.4. The van der Waals surface area contributed by atoms with E-state index in [2.05, 4.69) is 0 Å². The van der Waals surface area contributed by atoms with Gasteiger partial charge in [0.2, 0.25) is 0 Å². The van der Waals surface area contributed by atoms with Gasteiger partial charge >= 0.3 is 0 Å². The quantitative estimate of drug-likeness (QED) is 0.489. The molecule has 0 bridgehead atoms. The lowest BCUT2D eigenvalue weighted by atomic mass is 10.2. The highest BCUT2D eigenvalue weighted by atomic mass is 32.2. The topological polar surface area (TPSA) is 96.2 Å². The van der Waals surface area contributed by atoms with Crippen LogP contribution in [0, 0.1) is 10.1 Å². The molecule has 0 aromatic heterocycles. The molecule has 9 heteroatoms. The molecular weight excluding hydrogens is 298 g/mol. The van der Waals surface area contributed by atoms with Gasteiger partial charge in [-0.1, -0.05) is 12.1 Å². The standard InChI is InChI=1S/C12H17N3O5S/c1-13(10-4-2-3-5-11(10)15(16)17)12-8-14(6-7-20-12)9-21(18)19/h2-5,12H,6-9H2,1H3,(H,18,19). The third-order valence-electron chi connectivity index (χ3n) is 3.32. The molecule has 8 nitrogen and oxygen atoms in total. The van der Waals surface area contributed by atoms with Gasteiger partial charge in [0.15, 0.2) is 11.1 Å². The van der Waals surface area contributed by atoms with Gasteiger partial charge in [-0.05, 0) is 6.07 Å². The second-order valence-electron chi connectivity index (χ2n) is 4.71. The van der Waals surface area contributed by atoms with E-state index in [-0.39, 0.29) is 11.6 Å². The van der Waals surface area contributed by atoms with Gasteiger partial charge in [0.25, 0.3) is 5.69 Å². The maximum absolute atomic E-state index is 11.1. The molecule has 2 atom stereocenters. The van der Waals surface area contributed by atoms with Crippen molar-refractivity contribution in [1.82, 2.24) is 4.90 Å². The Labute approximate surface area is 124 Å². The summed E-state index contributed by atoms with van der Waals surface area (Å²) >= 11 is -1.90. The van der Waals surface area contributed by atoms with E-state index in [1.807, 2.05) is 0 Å². The van der Waals surface area contributed by atoms with Crippen LogP contribution in [0.15, 0.2) is 24.3 Å². The molecule has 2 rings (SSSR count). The summed E-state index contributed by atoms with van der Waals surface area (Å²) in [6.07, 6.45) is -0.400. The summed E-state index contributed by atoms with van der Waals surface area (Å²) in [5.74, 6) is 0.0462. The van der Waals surface area contributed by atoms with Gasteiger partial charge in [-0.2, -0.15) is 0 Å². The first kappa shape index (κ1) is 15.8. The van der Waals surface area contributed by atoms with Crippen molar-refractivity contribution in [3.63, 3.8) is 0 Å². The smallest absolute Gasteiger partial charge is 0.292 e. The zero-order chi connectivity index (χ0) is 15.4. The average molecular weight is 315 g/mol. The molecule has 1 aliphatic heterocycles. The number of nitro groups is 1. The zero-order valence-electron chi connectivity index (χ0n) is 11.5. The molecule has 1 aliphatic rings. The number of anilines is 1. The second-order valence-corrected chi connectivity index (χ2v) is 5.61. The predicted octanol–water partition coefficient (Wildman–Crippen LogP) is 0.869. The van der Waals surface area contributed by atoms with E-state index in [4.69, 9.17) is 9.29 Å². The Morgan fingerprint density at radius 1 is 1.57 bits per heavy atom. The van der Waals surface area contributed by atoms with Gasteiger partial charge in [0.05, 0.1) is 11.5 Å². The maximum atomic E-state index is 11.1. The van der Waals surface area contributed by atoms with Crippen LogP contribution in [0.25, 0.3) is 0 Å². The monoisotopic (exact) mass is 315 g/mol. The summed E-state index contributed by atoms with van der Waals surface area (Å²) in [6, 6.07) is 6.43. The van der Waals surface area contributed by atoms with Gasteiger partial charge in [-0.15, -0.1) is 0 Å². The number of hydrogen-bond donors (Lipinski definition) is 1. The fourth-order valence-electron chi connectivity index (χ4n) is 2.26. The lowest BCUT2D eigenvalue weighted by Gasteiger charge is -2.37. The van der Waals surface area contributed by atoms with Gasteiger partial charge in [-0.25, -0.2) is 4.21 Å². The van der Waals surface area contributed by atoms with Gasteiger partial charge < -0.3 is 14.2 Å². The fraction of sp³-hybridized carbons (Fsp3) is 0.500. The maximum Gasteiger partial charge on any atom is 0.292 e. The van der Waals surface area contributed by atoms with E-state index in [0.29, 0.717) is 25.4 Å². The SMILES string of the molecule is CN(c1ccccc1[N+](=O)[O-])C1CN(CS(=O)O)CCO1. The highest BCUT2D eigenvalue weighted by Crippen LogP contribution is 2.28. The Morgan fingerprint density at radius 3 is 2.95 bits per heavy atom. The lowest BCUT2D eigenvalue weighted by Crippen LogP contribution is -2.50. The minimum Gasteiger partial charge on any atom is -0.356 e. The first-order chi connectivity index (χ1) is 9.99. The second kappa shape index (κ2) is 6.94. The number of rotatable bonds is 5. The molecule has 1 fully saturated rings. The molecule has 116 valence electrons. The Hall–Kier alpha value is -1.55. The fourth-order valence-corrected chi connectivity index (χ4v) is 2.81. The van der Waals surface area contributed by atoms with Crippen LogP contribution in [0.2, 0.25) is 0 Å². The molecule has 1 heterocycles. The van der Waals surface area contributed by atoms with Crippen molar-refractivity contribution < 1.29 is 18.4 Å². The minimum atomic E-state index is -1.90. The molecule has 0 radical (unpaired) electrons. The normalized spacial score (nSPS) is 21.0. The van der Waals surface area contributed by atoms with Crippen molar-refractivity contribution in [2.75, 3.05) is 37.5 Å². The van der Waals surface area contributed by atoms with Crippen molar-refractivity contribution in [2.24, 2.45) is 0 Å². The van der Waals surface area contributed by atoms with E-state index in [1.165, 1.54) is 6.07 Å². The summed E-state index contributed by atoms with van der Waals surface area (Å²) in [5.41, 5.74) is 0.464. The van der Waals surface area contributed by atoms with Gasteiger partial charge in [0, 0.05) is 26.2 Å². The molecular formula is C12H17N3O5S. The van der Waals surface area contributed by atoms with Crippen molar-refractivity contribution in [1.29, 1.82) is 0 Å². The van der Waals surface area contributed by atoms with Crippen LogP contribution >= 0.6 is 0 Å². The Bertz CT molecular complexity index is 541. The number of morpholine rings is 1. The molecule has 1 aromatic carbocycles. The minimum absolute atomic E-state index is 0.00598. The summed E-state index contributed by atoms with van der Waals surface area (Å²) in [7, 11) is 1.71. The van der Waals surface area contributed by atoms with Crippen LogP contribution < -0.4 is 4.90 Å². The Kier molecular flexibility index (Phi) is 5.23. The number of ether oxygens (including phenoxy) is 1. The van der Waals surface area contributed by atoms with E-state index >= 15 is 0 Å². The van der Waals surface area contributed by atoms with Crippen LogP contribution in [0.4, 0.5) is 11.4 Å². The summed E-state index contributed by atoms with van der Waals surface area (Å²) in [5, 5.41) is 11.1. The molecule has 1 saturated heterocycles. The summed E-state index contributed by atoms with van der Waals surface area (Å²) in [4.78, 5) is 14.1. The first-order valence-corrected chi connectivity index (χ1v) is 7.64. The van der Waals surface area contributed by atoms with E-state index in [9.17, 15) is 14.3 Å². The number of benzene rings is 1. The number of nitrogens with zero attached hydrogens (tertiary/aromatic N) is 3. The van der Waals surface area contributed by atoms with Crippen molar-refractivity contribution in [3.05, 3.63) is 34.4 Å². The number of likely N-dealkylation sites (N-methyl/N-ethyl adjacent to an activating group) is 1. The van der Waals surface area contributed by atoms with Crippen LogP contribution in [-0.4, -0.2) is 57.4 Å². The molecule has 1 N–H and O–H groups in total. The van der Waals surface area contributed by atoms with E-state index < -0.39 is 22.2 Å². The average Bonchev–Trinajstić information content (AvgIpc) is 2.46. The van der Waals surface area contributed by atoms with Crippen molar-refractivity contribution in [3.8, 4) is 0 Å².